The molecule has 0 bridgehead atoms. The van der Waals surface area contributed by atoms with E-state index >= 15 is 0 Å². The molecule has 0 aromatic carbocycles. The van der Waals surface area contributed by atoms with Crippen LogP contribution in [0.4, 0.5) is 0 Å². The van der Waals surface area contributed by atoms with Gasteiger partial charge >= 0.3 is 0 Å². The molecule has 2 heterocycles. The van der Waals surface area contributed by atoms with Crippen LogP contribution in [0.5, 0.6) is 0 Å². The third-order valence-electron chi connectivity index (χ3n) is 4.58. The van der Waals surface area contributed by atoms with Gasteiger partial charge in [0.25, 0.3) is 0 Å². The van der Waals surface area contributed by atoms with Gasteiger partial charge in [0.15, 0.2) is 11.8 Å². The van der Waals surface area contributed by atoms with Crippen molar-refractivity contribution in [3.05, 3.63) is 11.7 Å². The SMILES string of the molecule is CCNC(=NCc1nc(C)no1)N1CCSC2(CCCCC2)C1.I. The number of rotatable bonds is 3. The maximum Gasteiger partial charge on any atom is 0.248 e. The molecule has 1 aromatic heterocycles. The van der Waals surface area contributed by atoms with Crippen molar-refractivity contribution < 1.29 is 4.52 Å². The Morgan fingerprint density at radius 1 is 1.38 bits per heavy atom. The minimum Gasteiger partial charge on any atom is -0.357 e. The van der Waals surface area contributed by atoms with Crippen LogP contribution in [-0.2, 0) is 6.54 Å². The summed E-state index contributed by atoms with van der Waals surface area (Å²) in [5.74, 6) is 3.41. The smallest absolute Gasteiger partial charge is 0.248 e. The van der Waals surface area contributed by atoms with E-state index in [1.165, 1.54) is 37.9 Å². The second-order valence-corrected chi connectivity index (χ2v) is 7.98. The van der Waals surface area contributed by atoms with Crippen molar-refractivity contribution in [2.24, 2.45) is 4.99 Å². The Morgan fingerprint density at radius 2 is 2.17 bits per heavy atom. The summed E-state index contributed by atoms with van der Waals surface area (Å²) in [5, 5.41) is 7.26. The van der Waals surface area contributed by atoms with E-state index < -0.39 is 0 Å². The molecule has 0 atom stereocenters. The zero-order valence-corrected chi connectivity index (χ0v) is 17.7. The van der Waals surface area contributed by atoms with E-state index in [2.05, 4.69) is 39.0 Å². The predicted molar refractivity (Wildman–Crippen MR) is 109 cm³/mol. The normalized spacial score (nSPS) is 20.8. The van der Waals surface area contributed by atoms with Gasteiger partial charge in [-0.15, -0.1) is 24.0 Å². The van der Waals surface area contributed by atoms with Crippen LogP contribution in [0, 0.1) is 6.92 Å². The third kappa shape index (κ3) is 5.00. The van der Waals surface area contributed by atoms with Gasteiger partial charge in [0.2, 0.25) is 5.89 Å². The highest BCUT2D eigenvalue weighted by Crippen LogP contribution is 2.42. The highest BCUT2D eigenvalue weighted by atomic mass is 127. The molecule has 1 aliphatic carbocycles. The summed E-state index contributed by atoms with van der Waals surface area (Å²) in [6.45, 7) is 7.42. The van der Waals surface area contributed by atoms with Crippen LogP contribution in [0.15, 0.2) is 9.52 Å². The number of aryl methyl sites for hydroxylation is 1. The molecule has 6 nitrogen and oxygen atoms in total. The number of aliphatic imine (C=N–C) groups is 1. The maximum absolute atomic E-state index is 5.17. The molecule has 0 unspecified atom stereocenters. The zero-order chi connectivity index (χ0) is 16.1. The highest BCUT2D eigenvalue weighted by Gasteiger charge is 2.38. The molecule has 8 heteroatoms. The Labute approximate surface area is 165 Å². The van der Waals surface area contributed by atoms with Gasteiger partial charge in [0, 0.05) is 30.1 Å². The second kappa shape index (κ2) is 9.26. The summed E-state index contributed by atoms with van der Waals surface area (Å²) in [5.41, 5.74) is 0. The van der Waals surface area contributed by atoms with E-state index in [0.29, 0.717) is 23.0 Å². The molecule has 1 saturated heterocycles. The van der Waals surface area contributed by atoms with Crippen LogP contribution in [0.2, 0.25) is 0 Å². The molecule has 136 valence electrons. The fourth-order valence-electron chi connectivity index (χ4n) is 3.50. The standard InChI is InChI=1S/C16H27N5OS.HI/c1-3-17-15(18-11-14-19-13(2)20-22-14)21-9-10-23-16(12-21)7-5-4-6-8-16;/h3-12H2,1-2H3,(H,17,18);1H. The molecule has 2 aliphatic rings. The average Bonchev–Trinajstić information content (AvgIpc) is 2.98. The van der Waals surface area contributed by atoms with E-state index in [1.54, 1.807) is 0 Å². The van der Waals surface area contributed by atoms with Gasteiger partial charge < -0.3 is 14.7 Å². The Kier molecular flexibility index (Phi) is 7.64. The number of hydrogen-bond acceptors (Lipinski definition) is 5. The van der Waals surface area contributed by atoms with E-state index in [0.717, 1.165) is 25.6 Å². The van der Waals surface area contributed by atoms with Crippen LogP contribution < -0.4 is 5.32 Å². The lowest BCUT2D eigenvalue weighted by Crippen LogP contribution is -2.53. The number of thioether (sulfide) groups is 1. The molecular formula is C16H28IN5OS. The molecule has 0 amide bonds. The highest BCUT2D eigenvalue weighted by molar-refractivity contribution is 14.0. The van der Waals surface area contributed by atoms with Crippen LogP contribution in [-0.4, -0.2) is 51.1 Å². The van der Waals surface area contributed by atoms with Gasteiger partial charge in [-0.1, -0.05) is 24.4 Å². The van der Waals surface area contributed by atoms with Crippen molar-refractivity contribution in [1.29, 1.82) is 0 Å². The fourth-order valence-corrected chi connectivity index (χ4v) is 5.07. The quantitative estimate of drug-likeness (QED) is 0.420. The van der Waals surface area contributed by atoms with Crippen molar-refractivity contribution in [2.45, 2.75) is 57.2 Å². The van der Waals surface area contributed by atoms with Gasteiger partial charge in [0.1, 0.15) is 6.54 Å². The van der Waals surface area contributed by atoms with Gasteiger partial charge in [-0.05, 0) is 26.7 Å². The molecule has 1 aliphatic heterocycles. The first-order valence-electron chi connectivity index (χ1n) is 8.67. The Hall–Kier alpha value is -0.510. The first-order chi connectivity index (χ1) is 11.2. The predicted octanol–water partition coefficient (Wildman–Crippen LogP) is 3.21. The Morgan fingerprint density at radius 3 is 2.83 bits per heavy atom. The fraction of sp³-hybridized carbons (Fsp3) is 0.812. The van der Waals surface area contributed by atoms with E-state index in [-0.39, 0.29) is 24.0 Å². The molecule has 1 N–H and O–H groups in total. The number of hydrogen-bond donors (Lipinski definition) is 1. The van der Waals surface area contributed by atoms with Crippen molar-refractivity contribution in [2.75, 3.05) is 25.4 Å². The van der Waals surface area contributed by atoms with Crippen LogP contribution in [0.25, 0.3) is 0 Å². The molecule has 1 spiro atoms. The zero-order valence-electron chi connectivity index (χ0n) is 14.6. The molecule has 3 rings (SSSR count). The van der Waals surface area contributed by atoms with Crippen molar-refractivity contribution in [1.82, 2.24) is 20.4 Å². The molecule has 2 fully saturated rings. The number of halogens is 1. The number of aromatic nitrogens is 2. The van der Waals surface area contributed by atoms with Crippen molar-refractivity contribution in [3.8, 4) is 0 Å². The lowest BCUT2D eigenvalue weighted by atomic mass is 9.87. The number of nitrogens with zero attached hydrogens (tertiary/aromatic N) is 4. The first kappa shape index (κ1) is 19.8. The lowest BCUT2D eigenvalue weighted by Gasteiger charge is -2.45. The number of nitrogens with one attached hydrogen (secondary N) is 1. The van der Waals surface area contributed by atoms with Crippen molar-refractivity contribution >= 4 is 41.7 Å². The van der Waals surface area contributed by atoms with E-state index in [9.17, 15) is 0 Å². The molecule has 1 saturated carbocycles. The summed E-state index contributed by atoms with van der Waals surface area (Å²) < 4.78 is 5.61. The monoisotopic (exact) mass is 465 g/mol. The summed E-state index contributed by atoms with van der Waals surface area (Å²) >= 11 is 2.18. The molecular weight excluding hydrogens is 437 g/mol. The van der Waals surface area contributed by atoms with Crippen LogP contribution in [0.1, 0.15) is 50.7 Å². The second-order valence-electron chi connectivity index (χ2n) is 6.42. The molecule has 0 radical (unpaired) electrons. The van der Waals surface area contributed by atoms with E-state index in [4.69, 9.17) is 9.52 Å². The maximum atomic E-state index is 5.17. The van der Waals surface area contributed by atoms with E-state index in [1.807, 2.05) is 6.92 Å². The Balaban J connectivity index is 0.00000208. The topological polar surface area (TPSA) is 66.5 Å². The summed E-state index contributed by atoms with van der Waals surface area (Å²) in [6, 6.07) is 0. The minimum absolute atomic E-state index is 0. The van der Waals surface area contributed by atoms with Crippen LogP contribution >= 0.6 is 35.7 Å². The summed E-state index contributed by atoms with van der Waals surface area (Å²) in [6.07, 6.45) is 6.82. The van der Waals surface area contributed by atoms with Gasteiger partial charge in [0.05, 0.1) is 0 Å². The van der Waals surface area contributed by atoms with Crippen LogP contribution in [0.3, 0.4) is 0 Å². The average molecular weight is 465 g/mol. The van der Waals surface area contributed by atoms with Gasteiger partial charge in [-0.25, -0.2) is 4.99 Å². The molecule has 1 aromatic rings. The van der Waals surface area contributed by atoms with Gasteiger partial charge in [-0.3, -0.25) is 0 Å². The van der Waals surface area contributed by atoms with Crippen molar-refractivity contribution in [3.63, 3.8) is 0 Å². The minimum atomic E-state index is 0. The molecule has 24 heavy (non-hydrogen) atoms. The Bertz CT molecular complexity index is 539. The first-order valence-corrected chi connectivity index (χ1v) is 9.66. The summed E-state index contributed by atoms with van der Waals surface area (Å²) in [7, 11) is 0. The summed E-state index contributed by atoms with van der Waals surface area (Å²) in [4.78, 5) is 11.4. The largest absolute Gasteiger partial charge is 0.357 e. The lowest BCUT2D eigenvalue weighted by molar-refractivity contribution is 0.292. The number of guanidine groups is 1. The third-order valence-corrected chi connectivity index (χ3v) is 6.12. The van der Waals surface area contributed by atoms with Gasteiger partial charge in [-0.2, -0.15) is 16.7 Å².